The standard InChI is InChI=1S/C15H15F3N2O/c16-15(17,18)12-7-4-8-20(10-12)14(21)13(9-19)11-5-2-1-3-6-11/h1-3,5-6,12-13H,4,7-8,10H2. The summed E-state index contributed by atoms with van der Waals surface area (Å²) in [7, 11) is 0. The number of halogens is 3. The Labute approximate surface area is 121 Å². The fourth-order valence-electron chi connectivity index (χ4n) is 2.54. The first-order valence-electron chi connectivity index (χ1n) is 6.73. The van der Waals surface area contributed by atoms with Crippen molar-refractivity contribution in [2.24, 2.45) is 5.92 Å². The molecular weight excluding hydrogens is 281 g/mol. The predicted molar refractivity (Wildman–Crippen MR) is 70.2 cm³/mol. The zero-order chi connectivity index (χ0) is 15.5. The molecule has 2 rings (SSSR count). The van der Waals surface area contributed by atoms with Gasteiger partial charge in [0.2, 0.25) is 5.91 Å². The Morgan fingerprint density at radius 1 is 1.33 bits per heavy atom. The van der Waals surface area contributed by atoms with Crippen LogP contribution in [0.25, 0.3) is 0 Å². The average Bonchev–Trinajstić information content (AvgIpc) is 2.48. The number of alkyl halides is 3. The summed E-state index contributed by atoms with van der Waals surface area (Å²) < 4.78 is 38.3. The Kier molecular flexibility index (Phi) is 4.51. The van der Waals surface area contributed by atoms with Crippen molar-refractivity contribution in [2.45, 2.75) is 24.9 Å². The highest BCUT2D eigenvalue weighted by Crippen LogP contribution is 2.34. The van der Waals surface area contributed by atoms with Gasteiger partial charge in [0.05, 0.1) is 12.0 Å². The maximum atomic E-state index is 12.8. The van der Waals surface area contributed by atoms with Crippen molar-refractivity contribution in [3.63, 3.8) is 0 Å². The van der Waals surface area contributed by atoms with Gasteiger partial charge in [0.25, 0.3) is 0 Å². The van der Waals surface area contributed by atoms with Crippen LogP contribution >= 0.6 is 0 Å². The van der Waals surface area contributed by atoms with E-state index in [1.165, 1.54) is 4.90 Å². The summed E-state index contributed by atoms with van der Waals surface area (Å²) in [5, 5.41) is 9.19. The van der Waals surface area contributed by atoms with Crippen molar-refractivity contribution in [1.29, 1.82) is 5.26 Å². The quantitative estimate of drug-likeness (QED) is 0.841. The Balaban J connectivity index is 2.13. The lowest BCUT2D eigenvalue weighted by Gasteiger charge is -2.34. The number of nitriles is 1. The number of likely N-dealkylation sites (tertiary alicyclic amines) is 1. The maximum absolute atomic E-state index is 12.8. The van der Waals surface area contributed by atoms with Gasteiger partial charge in [-0.15, -0.1) is 0 Å². The van der Waals surface area contributed by atoms with Crippen LogP contribution in [0.3, 0.4) is 0 Å². The molecule has 0 saturated carbocycles. The molecule has 6 heteroatoms. The van der Waals surface area contributed by atoms with Gasteiger partial charge >= 0.3 is 6.18 Å². The molecule has 2 unspecified atom stereocenters. The summed E-state index contributed by atoms with van der Waals surface area (Å²) >= 11 is 0. The van der Waals surface area contributed by atoms with Crippen LogP contribution in [0.5, 0.6) is 0 Å². The van der Waals surface area contributed by atoms with E-state index in [1.807, 2.05) is 6.07 Å². The number of hydrogen-bond donors (Lipinski definition) is 0. The van der Waals surface area contributed by atoms with Crippen molar-refractivity contribution in [3.05, 3.63) is 35.9 Å². The molecule has 1 saturated heterocycles. The minimum absolute atomic E-state index is 0.0375. The first-order chi connectivity index (χ1) is 9.93. The SMILES string of the molecule is N#CC(C(=O)N1CCCC(C(F)(F)F)C1)c1ccccc1. The normalized spacial score (nSPS) is 20.7. The van der Waals surface area contributed by atoms with Crippen LogP contribution in [0.1, 0.15) is 24.3 Å². The molecular formula is C15H15F3N2O. The maximum Gasteiger partial charge on any atom is 0.393 e. The van der Waals surface area contributed by atoms with E-state index >= 15 is 0 Å². The Morgan fingerprint density at radius 2 is 2.00 bits per heavy atom. The number of rotatable bonds is 2. The number of hydrogen-bond acceptors (Lipinski definition) is 2. The monoisotopic (exact) mass is 296 g/mol. The van der Waals surface area contributed by atoms with Gasteiger partial charge in [0.1, 0.15) is 5.92 Å². The zero-order valence-electron chi connectivity index (χ0n) is 11.3. The average molecular weight is 296 g/mol. The second kappa shape index (κ2) is 6.17. The van der Waals surface area contributed by atoms with Crippen molar-refractivity contribution in [3.8, 4) is 6.07 Å². The number of piperidine rings is 1. The van der Waals surface area contributed by atoms with Crippen LogP contribution in [0, 0.1) is 17.2 Å². The summed E-state index contributed by atoms with van der Waals surface area (Å²) in [6.07, 6.45) is -3.95. The minimum atomic E-state index is -4.30. The van der Waals surface area contributed by atoms with Gasteiger partial charge in [-0.1, -0.05) is 30.3 Å². The fourth-order valence-corrected chi connectivity index (χ4v) is 2.54. The van der Waals surface area contributed by atoms with E-state index in [0.717, 1.165) is 0 Å². The lowest BCUT2D eigenvalue weighted by atomic mass is 9.94. The third-order valence-corrected chi connectivity index (χ3v) is 3.70. The largest absolute Gasteiger partial charge is 0.393 e. The molecule has 0 spiro atoms. The molecule has 3 nitrogen and oxygen atoms in total. The van der Waals surface area contributed by atoms with Crippen LogP contribution in [0.15, 0.2) is 30.3 Å². The first-order valence-corrected chi connectivity index (χ1v) is 6.73. The third-order valence-electron chi connectivity index (χ3n) is 3.70. The third kappa shape index (κ3) is 3.54. The van der Waals surface area contributed by atoms with Crippen molar-refractivity contribution >= 4 is 5.91 Å². The van der Waals surface area contributed by atoms with Crippen LogP contribution in [0.2, 0.25) is 0 Å². The fraction of sp³-hybridized carbons (Fsp3) is 0.467. The highest BCUT2D eigenvalue weighted by Gasteiger charge is 2.43. The van der Waals surface area contributed by atoms with Gasteiger partial charge in [-0.3, -0.25) is 4.79 Å². The van der Waals surface area contributed by atoms with Crippen LogP contribution < -0.4 is 0 Å². The van der Waals surface area contributed by atoms with Gasteiger partial charge in [-0.25, -0.2) is 0 Å². The molecule has 1 aromatic rings. The summed E-state index contributed by atoms with van der Waals surface area (Å²) in [6, 6.07) is 10.3. The van der Waals surface area contributed by atoms with E-state index in [1.54, 1.807) is 30.3 Å². The number of amides is 1. The van der Waals surface area contributed by atoms with E-state index in [9.17, 15) is 23.2 Å². The molecule has 1 aromatic carbocycles. The number of carbonyl (C=O) groups excluding carboxylic acids is 1. The minimum Gasteiger partial charge on any atom is -0.341 e. The second-order valence-corrected chi connectivity index (χ2v) is 5.14. The molecule has 0 aliphatic carbocycles. The second-order valence-electron chi connectivity index (χ2n) is 5.14. The molecule has 1 heterocycles. The Hall–Kier alpha value is -2.03. The Bertz CT molecular complexity index is 536. The Morgan fingerprint density at radius 3 is 2.57 bits per heavy atom. The van der Waals surface area contributed by atoms with Crippen LogP contribution in [0.4, 0.5) is 13.2 Å². The van der Waals surface area contributed by atoms with E-state index < -0.39 is 23.9 Å². The molecule has 0 bridgehead atoms. The molecule has 0 aromatic heterocycles. The summed E-state index contributed by atoms with van der Waals surface area (Å²) in [5.74, 6) is -3.08. The van der Waals surface area contributed by atoms with Crippen LogP contribution in [-0.4, -0.2) is 30.1 Å². The lowest BCUT2D eigenvalue weighted by molar-refractivity contribution is -0.188. The van der Waals surface area contributed by atoms with Gasteiger partial charge < -0.3 is 4.90 Å². The highest BCUT2D eigenvalue weighted by molar-refractivity contribution is 5.86. The molecule has 112 valence electrons. The molecule has 1 amide bonds. The number of carbonyl (C=O) groups is 1. The van der Waals surface area contributed by atoms with Crippen molar-refractivity contribution < 1.29 is 18.0 Å². The van der Waals surface area contributed by atoms with E-state index in [4.69, 9.17) is 0 Å². The van der Waals surface area contributed by atoms with Crippen molar-refractivity contribution in [2.75, 3.05) is 13.1 Å². The van der Waals surface area contributed by atoms with Gasteiger partial charge in [-0.2, -0.15) is 18.4 Å². The molecule has 1 aliphatic rings. The van der Waals surface area contributed by atoms with Crippen molar-refractivity contribution in [1.82, 2.24) is 4.90 Å². The first kappa shape index (κ1) is 15.4. The highest BCUT2D eigenvalue weighted by atomic mass is 19.4. The smallest absolute Gasteiger partial charge is 0.341 e. The predicted octanol–water partition coefficient (Wildman–Crippen LogP) is 3.09. The lowest BCUT2D eigenvalue weighted by Crippen LogP contribution is -2.46. The van der Waals surface area contributed by atoms with Crippen LogP contribution in [-0.2, 0) is 4.79 Å². The van der Waals surface area contributed by atoms with Gasteiger partial charge in [0.15, 0.2) is 0 Å². The molecule has 1 fully saturated rings. The van der Waals surface area contributed by atoms with Gasteiger partial charge in [0, 0.05) is 13.1 Å². The summed E-state index contributed by atoms with van der Waals surface area (Å²) in [4.78, 5) is 13.5. The zero-order valence-corrected chi connectivity index (χ0v) is 11.3. The van der Waals surface area contributed by atoms with Gasteiger partial charge in [-0.05, 0) is 18.4 Å². The topological polar surface area (TPSA) is 44.1 Å². The summed E-state index contributed by atoms with van der Waals surface area (Å²) in [5.41, 5.74) is 0.513. The molecule has 21 heavy (non-hydrogen) atoms. The van der Waals surface area contributed by atoms with E-state index in [2.05, 4.69) is 0 Å². The molecule has 0 N–H and O–H groups in total. The summed E-state index contributed by atoms with van der Waals surface area (Å²) in [6.45, 7) is -0.0796. The number of benzene rings is 1. The van der Waals surface area contributed by atoms with E-state index in [0.29, 0.717) is 12.0 Å². The number of nitrogens with zero attached hydrogens (tertiary/aromatic N) is 2. The molecule has 1 aliphatic heterocycles. The van der Waals surface area contributed by atoms with E-state index in [-0.39, 0.29) is 19.5 Å². The molecule has 2 atom stereocenters. The molecule has 0 radical (unpaired) electrons.